The Hall–Kier alpha value is -3.93. The fourth-order valence-corrected chi connectivity index (χ4v) is 2.98. The van der Waals surface area contributed by atoms with Gasteiger partial charge in [0, 0.05) is 0 Å². The van der Waals surface area contributed by atoms with Gasteiger partial charge >= 0.3 is 5.97 Å². The van der Waals surface area contributed by atoms with E-state index in [9.17, 15) is 14.4 Å². The van der Waals surface area contributed by atoms with E-state index in [4.69, 9.17) is 9.47 Å². The fourth-order valence-electron chi connectivity index (χ4n) is 2.98. The van der Waals surface area contributed by atoms with Crippen LogP contribution in [-0.2, 0) is 0 Å². The number of amides is 2. The Labute approximate surface area is 160 Å². The highest BCUT2D eigenvalue weighted by molar-refractivity contribution is 6.34. The molecule has 1 heterocycles. The molecule has 0 saturated heterocycles. The molecule has 0 N–H and O–H groups in total. The van der Waals surface area contributed by atoms with Crippen molar-refractivity contribution in [3.05, 3.63) is 89.5 Å². The van der Waals surface area contributed by atoms with E-state index in [-0.39, 0.29) is 11.8 Å². The van der Waals surface area contributed by atoms with Crippen molar-refractivity contribution in [1.82, 2.24) is 0 Å². The summed E-state index contributed by atoms with van der Waals surface area (Å²) in [4.78, 5) is 38.4. The Morgan fingerprint density at radius 1 is 0.750 bits per heavy atom. The quantitative estimate of drug-likeness (QED) is 0.396. The summed E-state index contributed by atoms with van der Waals surface area (Å²) in [5.74, 6) is -0.314. The Kier molecular flexibility index (Phi) is 4.37. The van der Waals surface area contributed by atoms with Crippen molar-refractivity contribution >= 4 is 23.5 Å². The first-order valence-corrected chi connectivity index (χ1v) is 8.52. The number of carbonyl (C=O) groups is 3. The molecule has 1 aliphatic rings. The number of esters is 1. The molecule has 28 heavy (non-hydrogen) atoms. The summed E-state index contributed by atoms with van der Waals surface area (Å²) in [5.41, 5.74) is 1.55. The van der Waals surface area contributed by atoms with Gasteiger partial charge in [0.15, 0.2) is 0 Å². The first-order chi connectivity index (χ1) is 13.6. The van der Waals surface area contributed by atoms with Gasteiger partial charge in [-0.2, -0.15) is 0 Å². The van der Waals surface area contributed by atoms with Crippen LogP contribution in [0.1, 0.15) is 31.1 Å². The maximum atomic E-state index is 12.5. The lowest BCUT2D eigenvalue weighted by Gasteiger charge is -2.14. The number of fused-ring (bicyclic) bond motifs is 1. The van der Waals surface area contributed by atoms with Crippen molar-refractivity contribution < 1.29 is 23.9 Å². The van der Waals surface area contributed by atoms with Gasteiger partial charge in [0.1, 0.15) is 11.5 Å². The molecule has 1 aliphatic heterocycles. The molecule has 0 radical (unpaired) electrons. The SMILES string of the molecule is COc1ccc(C(=O)Oc2ccc(N3C(=O)c4ccccc4C3=O)cc2)cc1. The Balaban J connectivity index is 1.51. The summed E-state index contributed by atoms with van der Waals surface area (Å²) in [7, 11) is 1.54. The zero-order valence-electron chi connectivity index (χ0n) is 14.9. The third-order valence-electron chi connectivity index (χ3n) is 4.43. The second kappa shape index (κ2) is 7.00. The van der Waals surface area contributed by atoms with Gasteiger partial charge in [0.05, 0.1) is 29.5 Å². The van der Waals surface area contributed by atoms with Crippen molar-refractivity contribution in [2.75, 3.05) is 12.0 Å². The minimum Gasteiger partial charge on any atom is -0.497 e. The largest absolute Gasteiger partial charge is 0.497 e. The van der Waals surface area contributed by atoms with Gasteiger partial charge < -0.3 is 9.47 Å². The number of carbonyl (C=O) groups excluding carboxylic acids is 3. The monoisotopic (exact) mass is 373 g/mol. The summed E-state index contributed by atoms with van der Waals surface area (Å²) >= 11 is 0. The number of imide groups is 1. The summed E-state index contributed by atoms with van der Waals surface area (Å²) in [6, 6.07) is 19.5. The minimum atomic E-state index is -0.517. The second-order valence-electron chi connectivity index (χ2n) is 6.10. The molecule has 0 saturated carbocycles. The van der Waals surface area contributed by atoms with Crippen LogP contribution < -0.4 is 14.4 Å². The standard InChI is InChI=1S/C22H15NO5/c1-27-16-10-6-14(7-11-16)22(26)28-17-12-8-15(9-13-17)23-20(24)18-4-2-3-5-19(18)21(23)25/h2-13H,1H3. The fraction of sp³-hybridized carbons (Fsp3) is 0.0455. The summed E-state index contributed by atoms with van der Waals surface area (Å²) < 4.78 is 10.4. The molecule has 0 bridgehead atoms. The molecule has 6 heteroatoms. The molecule has 3 aromatic carbocycles. The summed E-state index contributed by atoms with van der Waals surface area (Å²) in [6.45, 7) is 0. The maximum absolute atomic E-state index is 12.5. The Bertz CT molecular complexity index is 1040. The molecule has 0 aromatic heterocycles. The highest BCUT2D eigenvalue weighted by atomic mass is 16.5. The van der Waals surface area contributed by atoms with Crippen LogP contribution in [-0.4, -0.2) is 24.9 Å². The molecule has 0 spiro atoms. The molecule has 0 fully saturated rings. The predicted octanol–water partition coefficient (Wildman–Crippen LogP) is 3.72. The number of methoxy groups -OCH3 is 1. The number of nitrogens with zero attached hydrogens (tertiary/aromatic N) is 1. The van der Waals surface area contributed by atoms with Crippen molar-refractivity contribution in [2.24, 2.45) is 0 Å². The van der Waals surface area contributed by atoms with Crippen molar-refractivity contribution in [3.8, 4) is 11.5 Å². The molecular formula is C22H15NO5. The summed E-state index contributed by atoms with van der Waals surface area (Å²) in [5, 5.41) is 0. The predicted molar refractivity (Wildman–Crippen MR) is 102 cm³/mol. The van der Waals surface area contributed by atoms with E-state index in [1.165, 1.54) is 0 Å². The van der Waals surface area contributed by atoms with Crippen LogP contribution >= 0.6 is 0 Å². The molecule has 4 rings (SSSR count). The van der Waals surface area contributed by atoms with Gasteiger partial charge in [0.25, 0.3) is 11.8 Å². The van der Waals surface area contributed by atoms with E-state index in [1.807, 2.05) is 0 Å². The number of anilines is 1. The van der Waals surface area contributed by atoms with E-state index in [1.54, 1.807) is 79.9 Å². The zero-order chi connectivity index (χ0) is 19.7. The van der Waals surface area contributed by atoms with Gasteiger partial charge in [0.2, 0.25) is 0 Å². The number of hydrogen-bond acceptors (Lipinski definition) is 5. The molecule has 6 nitrogen and oxygen atoms in total. The first kappa shape index (κ1) is 17.5. The van der Waals surface area contributed by atoms with Gasteiger partial charge in [-0.3, -0.25) is 9.59 Å². The van der Waals surface area contributed by atoms with E-state index in [0.29, 0.717) is 33.9 Å². The van der Waals surface area contributed by atoms with E-state index >= 15 is 0 Å². The Morgan fingerprint density at radius 3 is 1.82 bits per heavy atom. The maximum Gasteiger partial charge on any atom is 0.343 e. The average Bonchev–Trinajstić information content (AvgIpc) is 2.99. The number of ether oxygens (including phenoxy) is 2. The van der Waals surface area contributed by atoms with Crippen LogP contribution in [0.4, 0.5) is 5.69 Å². The lowest BCUT2D eigenvalue weighted by atomic mass is 10.1. The number of rotatable bonds is 4. The molecule has 0 unspecified atom stereocenters. The van der Waals surface area contributed by atoms with Crippen molar-refractivity contribution in [2.45, 2.75) is 0 Å². The molecule has 0 atom stereocenters. The third kappa shape index (κ3) is 3.01. The van der Waals surface area contributed by atoms with Crippen LogP contribution in [0.25, 0.3) is 0 Å². The van der Waals surface area contributed by atoms with E-state index in [2.05, 4.69) is 0 Å². The number of benzene rings is 3. The smallest absolute Gasteiger partial charge is 0.343 e. The topological polar surface area (TPSA) is 72.9 Å². The molecular weight excluding hydrogens is 358 g/mol. The Morgan fingerprint density at radius 2 is 1.29 bits per heavy atom. The molecule has 3 aromatic rings. The van der Waals surface area contributed by atoms with Crippen molar-refractivity contribution in [1.29, 1.82) is 0 Å². The third-order valence-corrected chi connectivity index (χ3v) is 4.43. The first-order valence-electron chi connectivity index (χ1n) is 8.52. The van der Waals surface area contributed by atoms with Gasteiger partial charge in [-0.25, -0.2) is 9.69 Å². The summed E-state index contributed by atoms with van der Waals surface area (Å²) in [6.07, 6.45) is 0. The lowest BCUT2D eigenvalue weighted by Crippen LogP contribution is -2.29. The normalized spacial score (nSPS) is 12.7. The van der Waals surface area contributed by atoms with Gasteiger partial charge in [-0.05, 0) is 60.7 Å². The van der Waals surface area contributed by atoms with Crippen molar-refractivity contribution in [3.63, 3.8) is 0 Å². The van der Waals surface area contributed by atoms with Crippen LogP contribution in [0.5, 0.6) is 11.5 Å². The van der Waals surface area contributed by atoms with E-state index < -0.39 is 5.97 Å². The molecule has 2 amide bonds. The second-order valence-corrected chi connectivity index (χ2v) is 6.10. The van der Waals surface area contributed by atoms with E-state index in [0.717, 1.165) is 4.90 Å². The molecule has 138 valence electrons. The van der Waals surface area contributed by atoms with Crippen LogP contribution in [0.15, 0.2) is 72.8 Å². The highest BCUT2D eigenvalue weighted by Crippen LogP contribution is 2.29. The van der Waals surface area contributed by atoms with Gasteiger partial charge in [-0.1, -0.05) is 12.1 Å². The number of hydrogen-bond donors (Lipinski definition) is 0. The lowest BCUT2D eigenvalue weighted by molar-refractivity contribution is 0.0733. The van der Waals surface area contributed by atoms with Crippen LogP contribution in [0.2, 0.25) is 0 Å². The molecule has 0 aliphatic carbocycles. The van der Waals surface area contributed by atoms with Crippen LogP contribution in [0.3, 0.4) is 0 Å². The zero-order valence-corrected chi connectivity index (χ0v) is 14.9. The van der Waals surface area contributed by atoms with Gasteiger partial charge in [-0.15, -0.1) is 0 Å². The average molecular weight is 373 g/mol. The highest BCUT2D eigenvalue weighted by Gasteiger charge is 2.36. The van der Waals surface area contributed by atoms with Crippen LogP contribution in [0, 0.1) is 0 Å². The minimum absolute atomic E-state index is 0.307.